The summed E-state index contributed by atoms with van der Waals surface area (Å²) in [6, 6.07) is 12.0. The van der Waals surface area contributed by atoms with Crippen molar-refractivity contribution in [3.05, 3.63) is 59.6 Å². The van der Waals surface area contributed by atoms with E-state index >= 15 is 0 Å². The minimum atomic E-state index is -0.222. The molecule has 1 amide bonds. The normalized spacial score (nSPS) is 20.9. The van der Waals surface area contributed by atoms with E-state index in [0.717, 1.165) is 24.2 Å². The van der Waals surface area contributed by atoms with Crippen LogP contribution in [0.15, 0.2) is 52.7 Å². The van der Waals surface area contributed by atoms with Crippen LogP contribution >= 0.6 is 0 Å². The number of furan rings is 1. The largest absolute Gasteiger partial charge is 0.445 e. The molecule has 10 heteroatoms. The number of hydrogen-bond donors (Lipinski definition) is 4. The van der Waals surface area contributed by atoms with E-state index < -0.39 is 0 Å². The van der Waals surface area contributed by atoms with Crippen LogP contribution in [0, 0.1) is 5.92 Å². The van der Waals surface area contributed by atoms with Gasteiger partial charge < -0.3 is 30.1 Å². The number of morpholine rings is 1. The number of ether oxygens (including phenoxy) is 1. The fraction of sp³-hybridized carbons (Fsp3) is 0.400. The van der Waals surface area contributed by atoms with Crippen molar-refractivity contribution in [1.82, 2.24) is 26.1 Å². The molecular formula is C25H29N7O3. The third-order valence-electron chi connectivity index (χ3n) is 6.68. The molecule has 1 saturated heterocycles. The Morgan fingerprint density at radius 3 is 2.74 bits per heavy atom. The van der Waals surface area contributed by atoms with Gasteiger partial charge in [0.05, 0.1) is 19.3 Å². The zero-order valence-corrected chi connectivity index (χ0v) is 19.6. The van der Waals surface area contributed by atoms with E-state index in [0.29, 0.717) is 55.1 Å². The number of nitrogens with one attached hydrogen (secondary N) is 4. The number of fused-ring (bicyclic) bond motifs is 1. The highest BCUT2D eigenvalue weighted by atomic mass is 16.5. The van der Waals surface area contributed by atoms with Crippen molar-refractivity contribution in [2.45, 2.75) is 31.8 Å². The topological polar surface area (TPSA) is 117 Å². The van der Waals surface area contributed by atoms with Gasteiger partial charge in [0.15, 0.2) is 17.2 Å². The second-order valence-corrected chi connectivity index (χ2v) is 9.26. The molecule has 10 nitrogen and oxygen atoms in total. The van der Waals surface area contributed by atoms with Gasteiger partial charge in [-0.1, -0.05) is 30.3 Å². The fourth-order valence-corrected chi connectivity index (χ4v) is 4.50. The summed E-state index contributed by atoms with van der Waals surface area (Å²) >= 11 is 0. The SMILES string of the molecule is CC(NC(=O)c1cc2nc(NC3=CC(c4ccccc4)NN3)nc(N3CCOCC3)c2o1)C1CC1. The molecule has 1 aromatic carbocycles. The van der Waals surface area contributed by atoms with Gasteiger partial charge in [0, 0.05) is 25.2 Å². The number of anilines is 2. The van der Waals surface area contributed by atoms with E-state index in [4.69, 9.17) is 14.1 Å². The maximum Gasteiger partial charge on any atom is 0.287 e. The lowest BCUT2D eigenvalue weighted by atomic mass is 10.1. The van der Waals surface area contributed by atoms with Crippen molar-refractivity contribution in [2.24, 2.45) is 5.92 Å². The van der Waals surface area contributed by atoms with Gasteiger partial charge in [-0.05, 0) is 37.3 Å². The predicted octanol–water partition coefficient (Wildman–Crippen LogP) is 2.69. The van der Waals surface area contributed by atoms with E-state index in [1.54, 1.807) is 6.07 Å². The van der Waals surface area contributed by atoms with Crippen LogP contribution in [0.2, 0.25) is 0 Å². The van der Waals surface area contributed by atoms with E-state index in [-0.39, 0.29) is 23.8 Å². The van der Waals surface area contributed by atoms with E-state index in [9.17, 15) is 4.79 Å². The number of hydrazine groups is 1. The molecule has 2 aliphatic heterocycles. The molecule has 35 heavy (non-hydrogen) atoms. The standard InChI is InChI=1S/C25H29N7O3/c1-15(16-7-8-16)26-24(33)20-13-19-22(35-20)23(32-9-11-34-12-10-32)29-25(27-19)28-21-14-18(30-31-21)17-5-3-2-4-6-17/h2-6,13-16,18,30-31H,7-12H2,1H3,(H,26,33)(H,27,28,29). The molecule has 2 atom stereocenters. The lowest BCUT2D eigenvalue weighted by molar-refractivity contribution is 0.0910. The van der Waals surface area contributed by atoms with Gasteiger partial charge in [0.1, 0.15) is 11.3 Å². The maximum absolute atomic E-state index is 12.8. The van der Waals surface area contributed by atoms with Crippen LogP contribution in [0.1, 0.15) is 41.9 Å². The van der Waals surface area contributed by atoms with E-state index in [1.807, 2.05) is 31.2 Å². The van der Waals surface area contributed by atoms with Crippen molar-refractivity contribution in [3.8, 4) is 0 Å². The molecular weight excluding hydrogens is 446 g/mol. The Balaban J connectivity index is 1.29. The number of nitrogens with zero attached hydrogens (tertiary/aromatic N) is 3. The third-order valence-corrected chi connectivity index (χ3v) is 6.68. The summed E-state index contributed by atoms with van der Waals surface area (Å²) in [6.07, 6.45) is 4.37. The monoisotopic (exact) mass is 475 g/mol. The Morgan fingerprint density at radius 2 is 1.97 bits per heavy atom. The number of rotatable bonds is 7. The van der Waals surface area contributed by atoms with Gasteiger partial charge in [-0.3, -0.25) is 4.79 Å². The number of carbonyl (C=O) groups excluding carboxylic acids is 1. The number of carbonyl (C=O) groups is 1. The van der Waals surface area contributed by atoms with Crippen molar-refractivity contribution in [3.63, 3.8) is 0 Å². The Bertz CT molecular complexity index is 1250. The lowest BCUT2D eigenvalue weighted by Gasteiger charge is -2.27. The van der Waals surface area contributed by atoms with Crippen LogP contribution in [0.25, 0.3) is 11.1 Å². The van der Waals surface area contributed by atoms with Gasteiger partial charge in [-0.2, -0.15) is 4.98 Å². The second kappa shape index (κ2) is 9.20. The van der Waals surface area contributed by atoms with Crippen LogP contribution in [-0.2, 0) is 4.74 Å². The maximum atomic E-state index is 12.8. The quantitative estimate of drug-likeness (QED) is 0.409. The highest BCUT2D eigenvalue weighted by Crippen LogP contribution is 2.33. The lowest BCUT2D eigenvalue weighted by Crippen LogP contribution is -2.37. The second-order valence-electron chi connectivity index (χ2n) is 9.26. The van der Waals surface area contributed by atoms with Crippen LogP contribution in [-0.4, -0.2) is 48.2 Å². The average Bonchev–Trinajstić information content (AvgIpc) is 3.49. The summed E-state index contributed by atoms with van der Waals surface area (Å²) < 4.78 is 11.5. The van der Waals surface area contributed by atoms with Gasteiger partial charge >= 0.3 is 0 Å². The molecule has 0 radical (unpaired) electrons. The zero-order chi connectivity index (χ0) is 23.8. The Kier molecular flexibility index (Phi) is 5.75. The van der Waals surface area contributed by atoms with Gasteiger partial charge in [-0.15, -0.1) is 0 Å². The summed E-state index contributed by atoms with van der Waals surface area (Å²) in [6.45, 7) is 4.63. The van der Waals surface area contributed by atoms with Crippen LogP contribution in [0.3, 0.4) is 0 Å². The summed E-state index contributed by atoms with van der Waals surface area (Å²) in [7, 11) is 0. The number of hydrogen-bond acceptors (Lipinski definition) is 9. The summed E-state index contributed by atoms with van der Waals surface area (Å²) in [5.74, 6) is 2.42. The average molecular weight is 476 g/mol. The first-order valence-corrected chi connectivity index (χ1v) is 12.1. The molecule has 4 N–H and O–H groups in total. The van der Waals surface area contributed by atoms with E-state index in [1.165, 1.54) is 0 Å². The number of benzene rings is 1. The summed E-state index contributed by atoms with van der Waals surface area (Å²) in [5, 5.41) is 6.33. The van der Waals surface area contributed by atoms with Gasteiger partial charge in [0.2, 0.25) is 5.95 Å². The molecule has 2 unspecified atom stereocenters. The summed E-state index contributed by atoms with van der Waals surface area (Å²) in [4.78, 5) is 24.4. The summed E-state index contributed by atoms with van der Waals surface area (Å²) in [5.41, 5.74) is 8.65. The van der Waals surface area contributed by atoms with Crippen molar-refractivity contribution in [2.75, 3.05) is 36.5 Å². The smallest absolute Gasteiger partial charge is 0.287 e. The van der Waals surface area contributed by atoms with E-state index in [2.05, 4.69) is 43.5 Å². The molecule has 3 aliphatic rings. The first-order valence-electron chi connectivity index (χ1n) is 12.1. The molecule has 2 aromatic heterocycles. The molecule has 1 aliphatic carbocycles. The van der Waals surface area contributed by atoms with Crippen LogP contribution < -0.4 is 26.4 Å². The Morgan fingerprint density at radius 1 is 1.17 bits per heavy atom. The predicted molar refractivity (Wildman–Crippen MR) is 132 cm³/mol. The third kappa shape index (κ3) is 4.67. The molecule has 2 fully saturated rings. The highest BCUT2D eigenvalue weighted by Gasteiger charge is 2.30. The molecule has 6 rings (SSSR count). The molecule has 182 valence electrons. The fourth-order valence-electron chi connectivity index (χ4n) is 4.50. The van der Waals surface area contributed by atoms with Crippen molar-refractivity contribution >= 4 is 28.8 Å². The Labute approximate surface area is 203 Å². The highest BCUT2D eigenvalue weighted by molar-refractivity contribution is 5.97. The van der Waals surface area contributed by atoms with Crippen molar-refractivity contribution in [1.29, 1.82) is 0 Å². The van der Waals surface area contributed by atoms with Gasteiger partial charge in [-0.25, -0.2) is 10.4 Å². The van der Waals surface area contributed by atoms with Crippen molar-refractivity contribution < 1.29 is 13.9 Å². The first-order chi connectivity index (χ1) is 17.1. The van der Waals surface area contributed by atoms with Gasteiger partial charge in [0.25, 0.3) is 5.91 Å². The minimum Gasteiger partial charge on any atom is -0.445 e. The molecule has 0 spiro atoms. The first kappa shape index (κ1) is 21.9. The molecule has 0 bridgehead atoms. The zero-order valence-electron chi connectivity index (χ0n) is 19.6. The molecule has 4 heterocycles. The molecule has 3 aromatic rings. The van der Waals surface area contributed by atoms with Crippen LogP contribution in [0.4, 0.5) is 11.8 Å². The number of amides is 1. The minimum absolute atomic E-state index is 0.0267. The number of aromatic nitrogens is 2. The van der Waals surface area contributed by atoms with Crippen LogP contribution in [0.5, 0.6) is 0 Å². The molecule has 1 saturated carbocycles. The Hall–Kier alpha value is -3.63.